The number of nitrogens with two attached hydrogens (primary N) is 1. The molecule has 0 aliphatic carbocycles. The minimum atomic E-state index is -0.438. The van der Waals surface area contributed by atoms with Crippen molar-refractivity contribution in [1.29, 1.82) is 0 Å². The Kier molecular flexibility index (Phi) is 8.47. The smallest absolute Gasteiger partial charge is 0.236 e. The van der Waals surface area contributed by atoms with Crippen molar-refractivity contribution < 1.29 is 9.53 Å². The van der Waals surface area contributed by atoms with E-state index >= 15 is 0 Å². The lowest BCUT2D eigenvalue weighted by atomic mass is 10.1. The van der Waals surface area contributed by atoms with E-state index in [9.17, 15) is 4.79 Å². The number of para-hydroxylation sites is 1. The van der Waals surface area contributed by atoms with Crippen LogP contribution in [0.3, 0.4) is 0 Å². The third kappa shape index (κ3) is 7.11. The molecule has 0 aliphatic rings. The van der Waals surface area contributed by atoms with E-state index in [-0.39, 0.29) is 5.91 Å². The zero-order chi connectivity index (χ0) is 15.5. The van der Waals surface area contributed by atoms with Gasteiger partial charge in [-0.2, -0.15) is 0 Å². The van der Waals surface area contributed by atoms with E-state index < -0.39 is 6.04 Å². The summed E-state index contributed by atoms with van der Waals surface area (Å²) in [4.78, 5) is 13.9. The molecule has 0 aromatic heterocycles. The predicted octanol–water partition coefficient (Wildman–Crippen LogP) is 1.38. The lowest BCUT2D eigenvalue weighted by Gasteiger charge is -2.19. The number of benzene rings is 1. The second-order valence-electron chi connectivity index (χ2n) is 5.14. The van der Waals surface area contributed by atoms with Gasteiger partial charge in [0.15, 0.2) is 0 Å². The number of methoxy groups -OCH3 is 1. The molecule has 0 radical (unpaired) electrons. The molecule has 1 rings (SSSR count). The van der Waals surface area contributed by atoms with Gasteiger partial charge in [0.05, 0.1) is 6.04 Å². The molecule has 1 atom stereocenters. The van der Waals surface area contributed by atoms with Gasteiger partial charge >= 0.3 is 0 Å². The first kappa shape index (κ1) is 17.5. The molecule has 1 amide bonds. The van der Waals surface area contributed by atoms with Crippen LogP contribution in [0.25, 0.3) is 0 Å². The highest BCUT2D eigenvalue weighted by Gasteiger charge is 2.12. The molecular weight excluding hydrogens is 266 g/mol. The van der Waals surface area contributed by atoms with Crippen molar-refractivity contribution in [3.8, 4) is 0 Å². The number of carbonyl (C=O) groups is 1. The lowest BCUT2D eigenvalue weighted by molar-refractivity contribution is -0.122. The number of rotatable bonds is 10. The number of ether oxygens (including phenoxy) is 1. The number of amides is 1. The van der Waals surface area contributed by atoms with Gasteiger partial charge in [0.25, 0.3) is 0 Å². The van der Waals surface area contributed by atoms with Crippen LogP contribution in [0.2, 0.25) is 0 Å². The van der Waals surface area contributed by atoms with Gasteiger partial charge in [0, 0.05) is 39.5 Å². The molecule has 0 bridgehead atoms. The molecule has 0 fully saturated rings. The van der Waals surface area contributed by atoms with Crippen molar-refractivity contribution in [2.75, 3.05) is 38.8 Å². The van der Waals surface area contributed by atoms with Crippen molar-refractivity contribution in [2.24, 2.45) is 5.73 Å². The summed E-state index contributed by atoms with van der Waals surface area (Å²) < 4.78 is 4.95. The van der Waals surface area contributed by atoms with Crippen LogP contribution in [-0.2, 0) is 9.53 Å². The third-order valence-electron chi connectivity index (χ3n) is 3.37. The molecule has 0 saturated carbocycles. The van der Waals surface area contributed by atoms with Crippen molar-refractivity contribution in [3.05, 3.63) is 30.3 Å². The van der Waals surface area contributed by atoms with Crippen LogP contribution >= 0.6 is 0 Å². The first-order chi connectivity index (χ1) is 10.1. The van der Waals surface area contributed by atoms with Crippen LogP contribution < -0.4 is 16.0 Å². The van der Waals surface area contributed by atoms with Gasteiger partial charge in [0.2, 0.25) is 5.91 Å². The maximum absolute atomic E-state index is 11.8. The summed E-state index contributed by atoms with van der Waals surface area (Å²) in [6.45, 7) is 2.18. The SMILES string of the molecule is COCCCC(N)C(=O)NCCCN(C)c1ccccc1. The number of nitrogens with one attached hydrogen (secondary N) is 1. The minimum Gasteiger partial charge on any atom is -0.385 e. The molecule has 1 unspecified atom stereocenters. The maximum atomic E-state index is 11.8. The fourth-order valence-corrected chi connectivity index (χ4v) is 2.05. The average molecular weight is 293 g/mol. The van der Waals surface area contributed by atoms with Gasteiger partial charge in [0.1, 0.15) is 0 Å². The molecule has 5 heteroatoms. The van der Waals surface area contributed by atoms with Crippen LogP contribution in [0.5, 0.6) is 0 Å². The molecule has 3 N–H and O–H groups in total. The van der Waals surface area contributed by atoms with Crippen LogP contribution in [0.15, 0.2) is 30.3 Å². The van der Waals surface area contributed by atoms with Crippen LogP contribution in [-0.4, -0.2) is 45.8 Å². The van der Waals surface area contributed by atoms with Gasteiger partial charge in [-0.25, -0.2) is 0 Å². The highest BCUT2D eigenvalue weighted by atomic mass is 16.5. The summed E-state index contributed by atoms with van der Waals surface area (Å²) in [7, 11) is 3.70. The van der Waals surface area contributed by atoms with Crippen LogP contribution in [0.1, 0.15) is 19.3 Å². The molecule has 0 heterocycles. The predicted molar refractivity (Wildman–Crippen MR) is 86.4 cm³/mol. The summed E-state index contributed by atoms with van der Waals surface area (Å²) in [5.41, 5.74) is 6.99. The Labute approximate surface area is 127 Å². The Morgan fingerprint density at radius 1 is 1.33 bits per heavy atom. The number of hydrogen-bond acceptors (Lipinski definition) is 4. The zero-order valence-electron chi connectivity index (χ0n) is 13.0. The minimum absolute atomic E-state index is 0.0755. The molecule has 5 nitrogen and oxygen atoms in total. The van der Waals surface area contributed by atoms with E-state index in [0.717, 1.165) is 19.4 Å². The van der Waals surface area contributed by atoms with E-state index in [4.69, 9.17) is 10.5 Å². The quantitative estimate of drug-likeness (QED) is 0.640. The van der Waals surface area contributed by atoms with Gasteiger partial charge in [-0.1, -0.05) is 18.2 Å². The van der Waals surface area contributed by atoms with Gasteiger partial charge in [-0.3, -0.25) is 4.79 Å². The molecule has 1 aromatic rings. The second kappa shape index (κ2) is 10.2. The summed E-state index contributed by atoms with van der Waals surface area (Å²) in [6.07, 6.45) is 2.35. The fourth-order valence-electron chi connectivity index (χ4n) is 2.05. The van der Waals surface area contributed by atoms with Crippen molar-refractivity contribution >= 4 is 11.6 Å². The van der Waals surface area contributed by atoms with Crippen molar-refractivity contribution in [2.45, 2.75) is 25.3 Å². The fraction of sp³-hybridized carbons (Fsp3) is 0.562. The zero-order valence-corrected chi connectivity index (χ0v) is 13.0. The molecule has 0 aliphatic heterocycles. The first-order valence-electron chi connectivity index (χ1n) is 7.43. The Morgan fingerprint density at radius 2 is 2.05 bits per heavy atom. The first-order valence-corrected chi connectivity index (χ1v) is 7.43. The number of anilines is 1. The molecule has 21 heavy (non-hydrogen) atoms. The molecular formula is C16H27N3O2. The topological polar surface area (TPSA) is 67.6 Å². The summed E-state index contributed by atoms with van der Waals surface area (Å²) >= 11 is 0. The van der Waals surface area contributed by atoms with Crippen LogP contribution in [0.4, 0.5) is 5.69 Å². The van der Waals surface area contributed by atoms with E-state index in [1.54, 1.807) is 7.11 Å². The number of nitrogens with zero attached hydrogens (tertiary/aromatic N) is 1. The second-order valence-corrected chi connectivity index (χ2v) is 5.14. The number of carbonyl (C=O) groups excluding carboxylic acids is 1. The van der Waals surface area contributed by atoms with Gasteiger partial charge < -0.3 is 20.7 Å². The van der Waals surface area contributed by atoms with Gasteiger partial charge in [-0.05, 0) is 31.4 Å². The largest absolute Gasteiger partial charge is 0.385 e. The van der Waals surface area contributed by atoms with Gasteiger partial charge in [-0.15, -0.1) is 0 Å². The van der Waals surface area contributed by atoms with E-state index in [2.05, 4.69) is 22.3 Å². The highest BCUT2D eigenvalue weighted by Crippen LogP contribution is 2.10. The average Bonchev–Trinajstić information content (AvgIpc) is 2.52. The maximum Gasteiger partial charge on any atom is 0.236 e. The molecule has 0 saturated heterocycles. The van der Waals surface area contributed by atoms with E-state index in [1.807, 2.05) is 25.2 Å². The summed E-state index contributed by atoms with van der Waals surface area (Å²) in [5, 5.41) is 2.88. The lowest BCUT2D eigenvalue weighted by Crippen LogP contribution is -2.41. The van der Waals surface area contributed by atoms with E-state index in [1.165, 1.54) is 5.69 Å². The summed E-state index contributed by atoms with van der Waals surface area (Å²) in [5.74, 6) is -0.0755. The van der Waals surface area contributed by atoms with E-state index in [0.29, 0.717) is 19.6 Å². The van der Waals surface area contributed by atoms with Crippen molar-refractivity contribution in [3.63, 3.8) is 0 Å². The summed E-state index contributed by atoms with van der Waals surface area (Å²) in [6, 6.07) is 9.75. The molecule has 1 aromatic carbocycles. The Hall–Kier alpha value is -1.59. The highest BCUT2D eigenvalue weighted by molar-refractivity contribution is 5.81. The Bertz CT molecular complexity index is 398. The Balaban J connectivity index is 2.14. The third-order valence-corrected chi connectivity index (χ3v) is 3.37. The normalized spacial score (nSPS) is 12.0. The molecule has 118 valence electrons. The van der Waals surface area contributed by atoms with Crippen molar-refractivity contribution in [1.82, 2.24) is 5.32 Å². The monoisotopic (exact) mass is 293 g/mol. The van der Waals surface area contributed by atoms with Crippen LogP contribution in [0, 0.1) is 0 Å². The molecule has 0 spiro atoms. The Morgan fingerprint density at radius 3 is 2.71 bits per heavy atom. The number of hydrogen-bond donors (Lipinski definition) is 2. The standard InChI is InChI=1S/C16H27N3O2/c1-19(14-8-4-3-5-9-14)12-7-11-18-16(20)15(17)10-6-13-21-2/h3-5,8-9,15H,6-7,10-13,17H2,1-2H3,(H,18,20).